The molecule has 1 N–H and O–H groups in total. The van der Waals surface area contributed by atoms with Gasteiger partial charge in [0.05, 0.1) is 12.4 Å². The van der Waals surface area contributed by atoms with Gasteiger partial charge < -0.3 is 10.0 Å². The first-order chi connectivity index (χ1) is 7.59. The molecule has 1 aromatic heterocycles. The van der Waals surface area contributed by atoms with Crippen LogP contribution >= 0.6 is 0 Å². The van der Waals surface area contributed by atoms with Crippen molar-refractivity contribution < 1.29 is 14.7 Å². The summed E-state index contributed by atoms with van der Waals surface area (Å²) >= 11 is 0. The Morgan fingerprint density at radius 2 is 1.88 bits per heavy atom. The van der Waals surface area contributed by atoms with Crippen LogP contribution in [0.15, 0.2) is 12.4 Å². The van der Waals surface area contributed by atoms with Gasteiger partial charge in [0.25, 0.3) is 5.91 Å². The molecule has 0 saturated heterocycles. The largest absolute Gasteiger partial charge is 0.476 e. The zero-order valence-corrected chi connectivity index (χ0v) is 8.75. The quantitative estimate of drug-likeness (QED) is 0.799. The van der Waals surface area contributed by atoms with Crippen LogP contribution in [0.4, 0.5) is 0 Å². The van der Waals surface area contributed by atoms with E-state index in [0.717, 1.165) is 19.0 Å². The van der Waals surface area contributed by atoms with E-state index in [1.54, 1.807) is 11.9 Å². The summed E-state index contributed by atoms with van der Waals surface area (Å²) in [5, 5.41) is 8.62. The van der Waals surface area contributed by atoms with Crippen LogP contribution in [-0.4, -0.2) is 44.9 Å². The minimum atomic E-state index is -1.15. The molecular weight excluding hydrogens is 210 g/mol. The second kappa shape index (κ2) is 3.88. The van der Waals surface area contributed by atoms with Gasteiger partial charge in [-0.3, -0.25) is 4.79 Å². The summed E-state index contributed by atoms with van der Waals surface area (Å²) in [6, 6.07) is 0.299. The second-order valence-corrected chi connectivity index (χ2v) is 3.74. The van der Waals surface area contributed by atoms with E-state index in [2.05, 4.69) is 9.97 Å². The Bertz CT molecular complexity index is 425. The highest BCUT2D eigenvalue weighted by Crippen LogP contribution is 2.26. The summed E-state index contributed by atoms with van der Waals surface area (Å²) < 4.78 is 0. The first kappa shape index (κ1) is 10.5. The third kappa shape index (κ3) is 2.00. The SMILES string of the molecule is CN(C(=O)c1cnc(C(=O)O)cn1)C1CC1. The molecule has 1 aromatic rings. The number of amides is 1. The molecule has 0 radical (unpaired) electrons. The third-order valence-corrected chi connectivity index (χ3v) is 2.51. The molecule has 1 heterocycles. The summed E-state index contributed by atoms with van der Waals surface area (Å²) in [5.41, 5.74) is 0.0185. The van der Waals surface area contributed by atoms with Gasteiger partial charge in [-0.2, -0.15) is 0 Å². The summed E-state index contributed by atoms with van der Waals surface area (Å²) in [5.74, 6) is -1.37. The van der Waals surface area contributed by atoms with Crippen LogP contribution in [-0.2, 0) is 0 Å². The average Bonchev–Trinajstić information content (AvgIpc) is 3.11. The molecule has 0 unspecified atom stereocenters. The smallest absolute Gasteiger partial charge is 0.356 e. The average molecular weight is 221 g/mol. The van der Waals surface area contributed by atoms with Crippen LogP contribution < -0.4 is 0 Å². The number of carboxylic acid groups (broad SMARTS) is 1. The Balaban J connectivity index is 2.14. The maximum Gasteiger partial charge on any atom is 0.356 e. The van der Waals surface area contributed by atoms with Gasteiger partial charge in [-0.25, -0.2) is 14.8 Å². The summed E-state index contributed by atoms with van der Waals surface area (Å²) in [6.45, 7) is 0. The molecule has 16 heavy (non-hydrogen) atoms. The molecule has 84 valence electrons. The van der Waals surface area contributed by atoms with Gasteiger partial charge >= 0.3 is 5.97 Å². The fourth-order valence-electron chi connectivity index (χ4n) is 1.36. The maximum atomic E-state index is 11.8. The third-order valence-electron chi connectivity index (χ3n) is 2.51. The Morgan fingerprint density at radius 3 is 2.31 bits per heavy atom. The monoisotopic (exact) mass is 221 g/mol. The van der Waals surface area contributed by atoms with Gasteiger partial charge in [-0.1, -0.05) is 0 Å². The molecule has 1 amide bonds. The van der Waals surface area contributed by atoms with Crippen LogP contribution in [0.3, 0.4) is 0 Å². The number of hydrogen-bond acceptors (Lipinski definition) is 4. The lowest BCUT2D eigenvalue weighted by molar-refractivity contribution is 0.0687. The lowest BCUT2D eigenvalue weighted by Gasteiger charge is -2.14. The number of rotatable bonds is 3. The Kier molecular flexibility index (Phi) is 2.55. The second-order valence-electron chi connectivity index (χ2n) is 3.74. The maximum absolute atomic E-state index is 11.8. The van der Waals surface area contributed by atoms with Crippen molar-refractivity contribution in [2.75, 3.05) is 7.05 Å². The first-order valence-electron chi connectivity index (χ1n) is 4.92. The van der Waals surface area contributed by atoms with Crippen molar-refractivity contribution >= 4 is 11.9 Å². The van der Waals surface area contributed by atoms with Crippen LogP contribution in [0.5, 0.6) is 0 Å². The minimum Gasteiger partial charge on any atom is -0.476 e. The van der Waals surface area contributed by atoms with Crippen molar-refractivity contribution in [3.8, 4) is 0 Å². The van der Waals surface area contributed by atoms with Crippen LogP contribution in [0.2, 0.25) is 0 Å². The number of nitrogens with zero attached hydrogens (tertiary/aromatic N) is 3. The van der Waals surface area contributed by atoms with Crippen molar-refractivity contribution in [3.05, 3.63) is 23.8 Å². The Labute approximate surface area is 91.9 Å². The van der Waals surface area contributed by atoms with Gasteiger partial charge in [0, 0.05) is 13.1 Å². The number of aromatic nitrogens is 2. The fourth-order valence-corrected chi connectivity index (χ4v) is 1.36. The standard InChI is InChI=1S/C10H11N3O3/c1-13(6-2-3-6)9(14)7-4-12-8(5-11-7)10(15)16/h4-6H,2-3H2,1H3,(H,15,16). The van der Waals surface area contributed by atoms with E-state index in [-0.39, 0.29) is 17.3 Å². The van der Waals surface area contributed by atoms with Crippen molar-refractivity contribution in [1.82, 2.24) is 14.9 Å². The van der Waals surface area contributed by atoms with E-state index in [9.17, 15) is 9.59 Å². The summed E-state index contributed by atoms with van der Waals surface area (Å²) in [4.78, 5) is 31.4. The summed E-state index contributed by atoms with van der Waals surface area (Å²) in [6.07, 6.45) is 4.33. The highest BCUT2D eigenvalue weighted by Gasteiger charge is 2.30. The summed E-state index contributed by atoms with van der Waals surface area (Å²) in [7, 11) is 1.72. The number of carbonyl (C=O) groups is 2. The number of carbonyl (C=O) groups excluding carboxylic acids is 1. The normalized spacial score (nSPS) is 14.6. The first-order valence-corrected chi connectivity index (χ1v) is 4.92. The zero-order chi connectivity index (χ0) is 11.7. The number of aromatic carboxylic acids is 1. The van der Waals surface area contributed by atoms with Crippen LogP contribution in [0.1, 0.15) is 33.8 Å². The Hall–Kier alpha value is -1.98. The molecule has 0 aliphatic heterocycles. The predicted octanol–water partition coefficient (Wildman–Crippen LogP) is 0.409. The van der Waals surface area contributed by atoms with Gasteiger partial charge in [-0.15, -0.1) is 0 Å². The zero-order valence-electron chi connectivity index (χ0n) is 8.75. The van der Waals surface area contributed by atoms with E-state index in [0.29, 0.717) is 6.04 Å². The molecule has 1 saturated carbocycles. The highest BCUT2D eigenvalue weighted by molar-refractivity contribution is 5.93. The van der Waals surface area contributed by atoms with Gasteiger partial charge in [0.1, 0.15) is 5.69 Å². The van der Waals surface area contributed by atoms with E-state index < -0.39 is 5.97 Å². The molecule has 0 bridgehead atoms. The fraction of sp³-hybridized carbons (Fsp3) is 0.400. The molecule has 1 fully saturated rings. The number of hydrogen-bond donors (Lipinski definition) is 1. The molecular formula is C10H11N3O3. The molecule has 0 spiro atoms. The molecule has 0 atom stereocenters. The van der Waals surface area contributed by atoms with Gasteiger partial charge in [0.2, 0.25) is 0 Å². The van der Waals surface area contributed by atoms with E-state index in [1.165, 1.54) is 6.20 Å². The van der Waals surface area contributed by atoms with Gasteiger partial charge in [0.15, 0.2) is 5.69 Å². The van der Waals surface area contributed by atoms with E-state index >= 15 is 0 Å². The predicted molar refractivity (Wildman–Crippen MR) is 54.1 cm³/mol. The van der Waals surface area contributed by atoms with Crippen LogP contribution in [0, 0.1) is 0 Å². The van der Waals surface area contributed by atoms with Gasteiger partial charge in [-0.05, 0) is 12.8 Å². The molecule has 1 aliphatic carbocycles. The van der Waals surface area contributed by atoms with Crippen molar-refractivity contribution in [3.63, 3.8) is 0 Å². The van der Waals surface area contributed by atoms with Crippen molar-refractivity contribution in [2.24, 2.45) is 0 Å². The number of carboxylic acids is 1. The van der Waals surface area contributed by atoms with E-state index in [4.69, 9.17) is 5.11 Å². The molecule has 1 aliphatic rings. The van der Waals surface area contributed by atoms with Crippen molar-refractivity contribution in [2.45, 2.75) is 18.9 Å². The lowest BCUT2D eigenvalue weighted by atomic mass is 10.3. The topological polar surface area (TPSA) is 83.4 Å². The molecule has 6 nitrogen and oxygen atoms in total. The van der Waals surface area contributed by atoms with Crippen molar-refractivity contribution in [1.29, 1.82) is 0 Å². The lowest BCUT2D eigenvalue weighted by Crippen LogP contribution is -2.29. The molecule has 2 rings (SSSR count). The molecule has 6 heteroatoms. The minimum absolute atomic E-state index is 0.161. The Morgan fingerprint density at radius 1 is 1.31 bits per heavy atom. The van der Waals surface area contributed by atoms with Crippen LogP contribution in [0.25, 0.3) is 0 Å². The molecule has 0 aromatic carbocycles. The highest BCUT2D eigenvalue weighted by atomic mass is 16.4. The van der Waals surface area contributed by atoms with E-state index in [1.807, 2.05) is 0 Å².